The van der Waals surface area contributed by atoms with Crippen molar-refractivity contribution in [3.8, 4) is 10.4 Å². The maximum Gasteiger partial charge on any atom is 0.408 e. The minimum atomic E-state index is -4.61. The van der Waals surface area contributed by atoms with Gasteiger partial charge >= 0.3 is 6.18 Å². The number of likely N-dealkylation sites (tertiary alicyclic amines) is 1. The van der Waals surface area contributed by atoms with Crippen LogP contribution in [0.5, 0.6) is 0 Å². The molecule has 8 nitrogen and oxygen atoms in total. The summed E-state index contributed by atoms with van der Waals surface area (Å²) in [5, 5.41) is 14.8. The SMILES string of the molecule is CC[C@H](Nc1cc(C(F)F)c(-c2sc(C(=O)N[C@H]3CCC[C@@H]3O)nc2C(=O)N2CCC[C@@H]2C)cn1)C(F)(F)F. The zero-order valence-electron chi connectivity index (χ0n) is 21.4. The monoisotopic (exact) mass is 575 g/mol. The highest BCUT2D eigenvalue weighted by molar-refractivity contribution is 7.17. The molecule has 14 heteroatoms. The van der Waals surface area contributed by atoms with Gasteiger partial charge in [-0.05, 0) is 51.5 Å². The zero-order chi connectivity index (χ0) is 28.5. The molecular formula is C25H30F5N5O3S. The number of aliphatic hydroxyl groups excluding tert-OH is 1. The van der Waals surface area contributed by atoms with Crippen molar-refractivity contribution in [3.05, 3.63) is 28.5 Å². The van der Waals surface area contributed by atoms with Gasteiger partial charge in [-0.1, -0.05) is 6.92 Å². The fraction of sp³-hybridized carbons (Fsp3) is 0.600. The molecule has 3 N–H and O–H groups in total. The number of rotatable bonds is 8. The molecule has 214 valence electrons. The van der Waals surface area contributed by atoms with Crippen molar-refractivity contribution in [2.24, 2.45) is 0 Å². The number of anilines is 1. The van der Waals surface area contributed by atoms with Gasteiger partial charge in [0.1, 0.15) is 17.6 Å². The molecule has 39 heavy (non-hydrogen) atoms. The Morgan fingerprint density at radius 1 is 1.23 bits per heavy atom. The number of hydrogen-bond acceptors (Lipinski definition) is 7. The number of carbonyl (C=O) groups is 2. The standard InChI is InChI=1S/C25H30F5N5O3S/c1-3-17(25(28,29)30)33-18-10-13(21(26)27)14(11-31-18)20-19(24(38)35-9-5-6-12(35)2)34-23(39-20)22(37)32-15-7-4-8-16(15)36/h10-12,15-17,21,36H,3-9H2,1-2H3,(H,31,33)(H,32,37)/t12-,15-,16-,17-/m0/s1. The van der Waals surface area contributed by atoms with Crippen molar-refractivity contribution in [3.63, 3.8) is 0 Å². The lowest BCUT2D eigenvalue weighted by molar-refractivity contribution is -0.142. The summed E-state index contributed by atoms with van der Waals surface area (Å²) in [6.45, 7) is 3.59. The van der Waals surface area contributed by atoms with Crippen molar-refractivity contribution in [2.75, 3.05) is 11.9 Å². The summed E-state index contributed by atoms with van der Waals surface area (Å²) < 4.78 is 68.2. The van der Waals surface area contributed by atoms with E-state index in [0.29, 0.717) is 19.4 Å². The Kier molecular flexibility index (Phi) is 8.74. The number of aliphatic hydroxyl groups is 1. The van der Waals surface area contributed by atoms with Crippen LogP contribution in [0.2, 0.25) is 0 Å². The van der Waals surface area contributed by atoms with Gasteiger partial charge in [0.25, 0.3) is 18.2 Å². The summed E-state index contributed by atoms with van der Waals surface area (Å²) in [7, 11) is 0. The molecule has 1 aliphatic carbocycles. The Labute approximate surface area is 226 Å². The minimum Gasteiger partial charge on any atom is -0.391 e. The zero-order valence-corrected chi connectivity index (χ0v) is 22.2. The Morgan fingerprint density at radius 3 is 2.54 bits per heavy atom. The highest BCUT2D eigenvalue weighted by Gasteiger charge is 2.39. The van der Waals surface area contributed by atoms with E-state index in [1.807, 2.05) is 6.92 Å². The van der Waals surface area contributed by atoms with Crippen molar-refractivity contribution >= 4 is 29.0 Å². The summed E-state index contributed by atoms with van der Waals surface area (Å²) >= 11 is 0.728. The number of halogens is 5. The Hall–Kier alpha value is -2.87. The second kappa shape index (κ2) is 11.7. The van der Waals surface area contributed by atoms with Gasteiger partial charge in [-0.3, -0.25) is 9.59 Å². The highest BCUT2D eigenvalue weighted by atomic mass is 32.1. The number of alkyl halides is 5. The molecule has 3 heterocycles. The lowest BCUT2D eigenvalue weighted by Gasteiger charge is -2.22. The molecule has 1 saturated carbocycles. The molecule has 1 aliphatic heterocycles. The molecule has 2 aromatic heterocycles. The molecular weight excluding hydrogens is 545 g/mol. The molecule has 0 spiro atoms. The van der Waals surface area contributed by atoms with E-state index in [-0.39, 0.29) is 33.6 Å². The number of aromatic nitrogens is 2. The second-order valence-electron chi connectivity index (χ2n) is 9.87. The maximum atomic E-state index is 14.2. The first-order valence-electron chi connectivity index (χ1n) is 12.8. The van der Waals surface area contributed by atoms with E-state index in [1.54, 1.807) is 4.90 Å². The van der Waals surface area contributed by atoms with Gasteiger partial charge in [-0.25, -0.2) is 18.7 Å². The third-order valence-corrected chi connectivity index (χ3v) is 8.26. The number of nitrogens with one attached hydrogen (secondary N) is 2. The third-order valence-electron chi connectivity index (χ3n) is 7.17. The van der Waals surface area contributed by atoms with E-state index in [0.717, 1.165) is 42.9 Å². The predicted molar refractivity (Wildman–Crippen MR) is 135 cm³/mol. The second-order valence-corrected chi connectivity index (χ2v) is 10.9. The van der Waals surface area contributed by atoms with Crippen LogP contribution in [0.25, 0.3) is 10.4 Å². The van der Waals surface area contributed by atoms with E-state index in [2.05, 4.69) is 20.6 Å². The van der Waals surface area contributed by atoms with Crippen LogP contribution in [-0.4, -0.2) is 68.7 Å². The first kappa shape index (κ1) is 29.1. The van der Waals surface area contributed by atoms with Gasteiger partial charge in [-0.2, -0.15) is 13.2 Å². The lowest BCUT2D eigenvalue weighted by Crippen LogP contribution is -2.40. The topological polar surface area (TPSA) is 107 Å². The normalized spacial score (nSPS) is 22.4. The van der Waals surface area contributed by atoms with Crippen molar-refractivity contribution in [1.82, 2.24) is 20.2 Å². The van der Waals surface area contributed by atoms with Crippen LogP contribution in [0.4, 0.5) is 27.8 Å². The molecule has 2 amide bonds. The number of nitrogens with zero attached hydrogens (tertiary/aromatic N) is 3. The van der Waals surface area contributed by atoms with Gasteiger partial charge in [0.2, 0.25) is 0 Å². The fourth-order valence-corrected chi connectivity index (χ4v) is 5.96. The van der Waals surface area contributed by atoms with Crippen LogP contribution in [0.1, 0.15) is 84.7 Å². The molecule has 0 radical (unpaired) electrons. The van der Waals surface area contributed by atoms with Gasteiger partial charge in [0.15, 0.2) is 5.01 Å². The van der Waals surface area contributed by atoms with Gasteiger partial charge in [0, 0.05) is 29.9 Å². The number of amides is 2. The summed E-state index contributed by atoms with van der Waals surface area (Å²) in [4.78, 5) is 36.2. The predicted octanol–water partition coefficient (Wildman–Crippen LogP) is 5.16. The quantitative estimate of drug-likeness (QED) is 0.376. The van der Waals surface area contributed by atoms with E-state index < -0.39 is 54.0 Å². The number of hydrogen-bond donors (Lipinski definition) is 3. The molecule has 4 rings (SSSR count). The lowest BCUT2D eigenvalue weighted by atomic mass is 10.1. The third kappa shape index (κ3) is 6.32. The number of thiazole rings is 1. The molecule has 0 unspecified atom stereocenters. The van der Waals surface area contributed by atoms with Gasteiger partial charge in [0.05, 0.1) is 17.0 Å². The highest BCUT2D eigenvalue weighted by Crippen LogP contribution is 2.39. The summed E-state index contributed by atoms with van der Waals surface area (Å²) in [5.41, 5.74) is -1.03. The van der Waals surface area contributed by atoms with E-state index in [1.165, 1.54) is 6.92 Å². The molecule has 1 saturated heterocycles. The van der Waals surface area contributed by atoms with Crippen molar-refractivity contribution < 1.29 is 36.6 Å². The average Bonchev–Trinajstić information content (AvgIpc) is 3.61. The average molecular weight is 576 g/mol. The summed E-state index contributed by atoms with van der Waals surface area (Å²) in [5.74, 6) is -1.57. The van der Waals surface area contributed by atoms with Crippen molar-refractivity contribution in [1.29, 1.82) is 0 Å². The summed E-state index contributed by atoms with van der Waals surface area (Å²) in [6, 6.07) is -1.77. The Balaban J connectivity index is 1.74. The van der Waals surface area contributed by atoms with Crippen LogP contribution < -0.4 is 10.6 Å². The largest absolute Gasteiger partial charge is 0.408 e. The van der Waals surface area contributed by atoms with Crippen molar-refractivity contribution in [2.45, 2.75) is 89.2 Å². The van der Waals surface area contributed by atoms with E-state index in [9.17, 15) is 36.6 Å². The van der Waals surface area contributed by atoms with Crippen LogP contribution in [0.3, 0.4) is 0 Å². The van der Waals surface area contributed by atoms with Crippen LogP contribution in [0, 0.1) is 0 Å². The maximum absolute atomic E-state index is 14.2. The molecule has 0 bridgehead atoms. The first-order valence-corrected chi connectivity index (χ1v) is 13.6. The van der Waals surface area contributed by atoms with E-state index in [4.69, 9.17) is 0 Å². The summed E-state index contributed by atoms with van der Waals surface area (Å²) in [6.07, 6.45) is -4.49. The van der Waals surface area contributed by atoms with Crippen LogP contribution >= 0.6 is 11.3 Å². The van der Waals surface area contributed by atoms with Crippen LogP contribution in [-0.2, 0) is 0 Å². The minimum absolute atomic E-state index is 0.0200. The Morgan fingerprint density at radius 2 is 1.97 bits per heavy atom. The van der Waals surface area contributed by atoms with E-state index >= 15 is 0 Å². The molecule has 0 aromatic carbocycles. The molecule has 4 atom stereocenters. The smallest absolute Gasteiger partial charge is 0.391 e. The van der Waals surface area contributed by atoms with Crippen LogP contribution in [0.15, 0.2) is 12.3 Å². The first-order chi connectivity index (χ1) is 18.4. The Bertz CT molecular complexity index is 1210. The number of pyridine rings is 1. The fourth-order valence-electron chi connectivity index (χ4n) is 4.97. The van der Waals surface area contributed by atoms with Gasteiger partial charge in [-0.15, -0.1) is 11.3 Å². The molecule has 2 aliphatic rings. The van der Waals surface area contributed by atoms with Gasteiger partial charge < -0.3 is 20.6 Å². The number of carbonyl (C=O) groups excluding carboxylic acids is 2. The molecule has 2 fully saturated rings. The molecule has 2 aromatic rings.